The van der Waals surface area contributed by atoms with Crippen LogP contribution in [-0.2, 0) is 44.2 Å². The summed E-state index contributed by atoms with van der Waals surface area (Å²) in [6.07, 6.45) is 10.1. The first-order chi connectivity index (χ1) is 24.4. The number of ketones is 1. The maximum atomic E-state index is 11.7. The first kappa shape index (κ1) is 43.1. The Labute approximate surface area is 328 Å². The van der Waals surface area contributed by atoms with E-state index in [4.69, 9.17) is 4.98 Å². The number of rotatable bonds is 14. The fourth-order valence-electron chi connectivity index (χ4n) is 7.48. The van der Waals surface area contributed by atoms with Gasteiger partial charge >= 0.3 is 0 Å². The zero-order chi connectivity index (χ0) is 37.2. The third kappa shape index (κ3) is 10.9. The van der Waals surface area contributed by atoms with E-state index in [1.165, 1.54) is 55.1 Å². The molecule has 0 fully saturated rings. The summed E-state index contributed by atoms with van der Waals surface area (Å²) >= 11 is 0. The molecule has 1 radical (unpaired) electrons. The number of benzene rings is 4. The zero-order valence-electron chi connectivity index (χ0n) is 33.4. The third-order valence-electron chi connectivity index (χ3n) is 10.1. The Kier molecular flexibility index (Phi) is 16.7. The molecule has 0 spiro atoms. The molecule has 5 aromatic rings. The van der Waals surface area contributed by atoms with Gasteiger partial charge in [0.05, 0.1) is 5.76 Å². The fourth-order valence-corrected chi connectivity index (χ4v) is 7.48. The summed E-state index contributed by atoms with van der Waals surface area (Å²) in [5, 5.41) is 17.6. The summed E-state index contributed by atoms with van der Waals surface area (Å²) in [5.74, 6) is 2.37. The largest absolute Gasteiger partial charge is 0.512 e. The van der Waals surface area contributed by atoms with Crippen molar-refractivity contribution in [2.45, 2.75) is 114 Å². The van der Waals surface area contributed by atoms with Crippen LogP contribution in [0.3, 0.4) is 0 Å². The normalized spacial score (nSPS) is 12.0. The molecule has 0 amide bonds. The second-order valence-electron chi connectivity index (χ2n) is 15.7. The molecule has 4 aromatic carbocycles. The summed E-state index contributed by atoms with van der Waals surface area (Å²) in [4.78, 5) is 16.6. The average Bonchev–Trinajstić information content (AvgIpc) is 3.08. The van der Waals surface area contributed by atoms with Gasteiger partial charge in [-0.15, -0.1) is 34.9 Å². The van der Waals surface area contributed by atoms with Gasteiger partial charge in [0.15, 0.2) is 5.78 Å². The van der Waals surface area contributed by atoms with Crippen molar-refractivity contribution in [3.8, 4) is 11.3 Å². The Morgan fingerprint density at radius 3 is 1.83 bits per heavy atom. The molecule has 0 unspecified atom stereocenters. The monoisotopic (exact) mass is 877 g/mol. The van der Waals surface area contributed by atoms with Gasteiger partial charge < -0.3 is 10.1 Å². The van der Waals surface area contributed by atoms with E-state index >= 15 is 0 Å². The van der Waals surface area contributed by atoms with Gasteiger partial charge in [0, 0.05) is 44.2 Å². The molecule has 52 heavy (non-hydrogen) atoms. The van der Waals surface area contributed by atoms with E-state index in [0.29, 0.717) is 17.8 Å². The summed E-state index contributed by atoms with van der Waals surface area (Å²) < 4.78 is 0. The number of pyridine rings is 1. The number of allylic oxidation sites excluding steroid dienone is 2. The second kappa shape index (κ2) is 20.2. The third-order valence-corrected chi connectivity index (χ3v) is 10.1. The summed E-state index contributed by atoms with van der Waals surface area (Å²) in [6, 6.07) is 26.5. The minimum absolute atomic E-state index is 0. The molecule has 0 aliphatic heterocycles. The van der Waals surface area contributed by atoms with E-state index in [1.54, 1.807) is 0 Å². The van der Waals surface area contributed by atoms with Crippen molar-refractivity contribution in [3.05, 3.63) is 101 Å². The predicted molar refractivity (Wildman–Crippen MR) is 221 cm³/mol. The van der Waals surface area contributed by atoms with Crippen LogP contribution in [-0.4, -0.2) is 15.9 Å². The maximum absolute atomic E-state index is 11.7. The summed E-state index contributed by atoms with van der Waals surface area (Å²) in [6.45, 7) is 21.8. The van der Waals surface area contributed by atoms with Crippen LogP contribution < -0.4 is 0 Å². The number of nitrogens with zero attached hydrogens (tertiary/aromatic N) is 1. The molecule has 0 saturated carbocycles. The molecule has 4 heteroatoms. The molecule has 0 bridgehead atoms. The van der Waals surface area contributed by atoms with E-state index in [0.717, 1.165) is 56.2 Å². The number of aliphatic hydroxyl groups is 1. The van der Waals surface area contributed by atoms with Gasteiger partial charge in [-0.3, -0.25) is 4.79 Å². The van der Waals surface area contributed by atoms with Gasteiger partial charge in [-0.05, 0) is 118 Å². The van der Waals surface area contributed by atoms with Gasteiger partial charge in [0.1, 0.15) is 0 Å². The van der Waals surface area contributed by atoms with Crippen LogP contribution in [0.25, 0.3) is 43.6 Å². The van der Waals surface area contributed by atoms with Gasteiger partial charge in [-0.1, -0.05) is 106 Å². The van der Waals surface area contributed by atoms with Crippen molar-refractivity contribution in [3.63, 3.8) is 0 Å². The minimum Gasteiger partial charge on any atom is -0.512 e. The number of aromatic nitrogens is 1. The number of hydrogen-bond donors (Lipinski definition) is 1. The predicted octanol–water partition coefficient (Wildman–Crippen LogP) is 13.5. The van der Waals surface area contributed by atoms with Crippen molar-refractivity contribution < 1.29 is 30.0 Å². The Hall–Kier alpha value is -3.33. The Morgan fingerprint density at radius 2 is 1.23 bits per heavy atom. The van der Waals surface area contributed by atoms with Crippen LogP contribution in [0.1, 0.15) is 112 Å². The van der Waals surface area contributed by atoms with Crippen LogP contribution >= 0.6 is 0 Å². The first-order valence-corrected chi connectivity index (χ1v) is 19.6. The van der Waals surface area contributed by atoms with Crippen LogP contribution in [0, 0.1) is 35.7 Å². The number of carbonyl (C=O) groups is 1. The number of fused-ring (bicyclic) bond motifs is 5. The van der Waals surface area contributed by atoms with Crippen LogP contribution in [0.15, 0.2) is 78.7 Å². The van der Waals surface area contributed by atoms with Crippen LogP contribution in [0.5, 0.6) is 0 Å². The van der Waals surface area contributed by atoms with Gasteiger partial charge in [-0.25, -0.2) is 0 Å². The zero-order valence-corrected chi connectivity index (χ0v) is 35.8. The number of carbonyl (C=O) groups excluding carboxylic acids is 1. The summed E-state index contributed by atoms with van der Waals surface area (Å²) in [7, 11) is 0. The minimum atomic E-state index is 0. The molecule has 0 aliphatic rings. The van der Waals surface area contributed by atoms with Crippen LogP contribution in [0.2, 0.25) is 0 Å². The molecule has 5 rings (SSSR count). The molecule has 0 saturated heterocycles. The van der Waals surface area contributed by atoms with Crippen molar-refractivity contribution in [2.24, 2.45) is 29.6 Å². The number of aliphatic hydroxyl groups excluding tert-OH is 1. The molecule has 0 atom stereocenters. The van der Waals surface area contributed by atoms with Crippen molar-refractivity contribution in [2.75, 3.05) is 0 Å². The van der Waals surface area contributed by atoms with E-state index in [1.807, 2.05) is 33.9 Å². The van der Waals surface area contributed by atoms with Gasteiger partial charge in [0.25, 0.3) is 0 Å². The fraction of sp³-hybridized carbons (Fsp3) is 0.458. The molecule has 281 valence electrons. The second-order valence-corrected chi connectivity index (χ2v) is 15.7. The van der Waals surface area contributed by atoms with E-state index < -0.39 is 0 Å². The van der Waals surface area contributed by atoms with E-state index in [9.17, 15) is 9.90 Å². The smallest absolute Gasteiger partial charge is 0.162 e. The topological polar surface area (TPSA) is 50.2 Å². The first-order valence-electron chi connectivity index (χ1n) is 19.6. The molecule has 0 aliphatic carbocycles. The van der Waals surface area contributed by atoms with Crippen molar-refractivity contribution in [1.82, 2.24) is 4.98 Å². The summed E-state index contributed by atoms with van der Waals surface area (Å²) in [5.41, 5.74) is 6.28. The van der Waals surface area contributed by atoms with Gasteiger partial charge in [-0.2, -0.15) is 0 Å². The quantitative estimate of drug-likeness (QED) is 0.0523. The van der Waals surface area contributed by atoms with Crippen LogP contribution in [0.4, 0.5) is 0 Å². The molecular weight excluding hydrogens is 815 g/mol. The Bertz CT molecular complexity index is 1920. The molecule has 1 aromatic heterocycles. The van der Waals surface area contributed by atoms with E-state index in [-0.39, 0.29) is 43.5 Å². The Morgan fingerprint density at radius 1 is 0.673 bits per heavy atom. The Balaban J connectivity index is 0.000000389. The van der Waals surface area contributed by atoms with Crippen molar-refractivity contribution in [1.29, 1.82) is 0 Å². The SMILES string of the molecule is CC(C)Cc1[c-]c(-c2nccc3c2ccc2c4ccccc4c(CC(C)C)cc32)cc(CC(C)C)c1.CCC(CC)C(=O)/C=C(\O)C(CC)CC.[Ir]. The number of hydrogen-bond acceptors (Lipinski definition) is 3. The molecule has 3 nitrogen and oxygen atoms in total. The molecule has 1 N–H and O–H groups in total. The van der Waals surface area contributed by atoms with Crippen molar-refractivity contribution >= 4 is 38.1 Å². The standard InChI is InChI=1S/C35H38N.C13H24O2.Ir/c1-22(2)15-25-18-26(16-23(3)4)20-28(19-25)35-33-12-11-31-30-10-8-7-9-29(30)27(17-24(5)6)21-34(31)32(33)13-14-36-35;1-5-10(6-2)12(14)9-13(15)11(7-3)8-4;/h7-14,18-19,21-24H,15-17H2,1-6H3;9-11,14H,5-8H2,1-4H3;/q-1;;/b;12-9-;. The van der Waals surface area contributed by atoms with Gasteiger partial charge in [0.2, 0.25) is 0 Å². The maximum Gasteiger partial charge on any atom is 0.162 e. The average molecular weight is 877 g/mol. The molecular formula is C48H62IrNO2-. The van der Waals surface area contributed by atoms with E-state index in [2.05, 4.69) is 108 Å². The molecule has 1 heterocycles.